The first-order valence-electron chi connectivity index (χ1n) is 12.2. The Kier molecular flexibility index (Phi) is 6.64. The fourth-order valence-corrected chi connectivity index (χ4v) is 4.46. The number of furan rings is 1. The Hall–Kier alpha value is -4.58. The molecule has 0 aliphatic rings. The Morgan fingerprint density at radius 3 is 2.70 bits per heavy atom. The molecule has 6 nitrogen and oxygen atoms in total. The van der Waals surface area contributed by atoms with E-state index in [1.165, 1.54) is 0 Å². The number of carbonyl (C=O) groups excluding carboxylic acids is 1. The SMILES string of the molecule is CCOc1cc2occ(-c3cccc(OC)c3)c2cc1/C(C)=C/C(=O)Nc1cccc2nc(C)ccc12. The lowest BCUT2D eigenvalue weighted by molar-refractivity contribution is -0.111. The van der Waals surface area contributed by atoms with Crippen LogP contribution < -0.4 is 14.8 Å². The average Bonchev–Trinajstić information content (AvgIpc) is 3.31. The second kappa shape index (κ2) is 10.2. The van der Waals surface area contributed by atoms with Gasteiger partial charge < -0.3 is 19.2 Å². The molecule has 0 saturated heterocycles. The predicted octanol–water partition coefficient (Wildman–Crippen LogP) is 7.41. The Morgan fingerprint density at radius 2 is 1.89 bits per heavy atom. The molecule has 0 aliphatic carbocycles. The molecule has 186 valence electrons. The normalized spacial score (nSPS) is 11.6. The number of carbonyl (C=O) groups is 1. The molecule has 0 unspecified atom stereocenters. The van der Waals surface area contributed by atoms with Gasteiger partial charge in [0.05, 0.1) is 31.2 Å². The van der Waals surface area contributed by atoms with Crippen LogP contribution in [-0.4, -0.2) is 24.6 Å². The van der Waals surface area contributed by atoms with Gasteiger partial charge >= 0.3 is 0 Å². The lowest BCUT2D eigenvalue weighted by Gasteiger charge is -2.12. The van der Waals surface area contributed by atoms with Gasteiger partial charge in [0.1, 0.15) is 17.1 Å². The van der Waals surface area contributed by atoms with E-state index in [9.17, 15) is 4.79 Å². The van der Waals surface area contributed by atoms with Crippen LogP contribution in [0.2, 0.25) is 0 Å². The summed E-state index contributed by atoms with van der Waals surface area (Å²) in [7, 11) is 1.65. The van der Waals surface area contributed by atoms with Crippen molar-refractivity contribution in [3.05, 3.63) is 90.3 Å². The molecule has 2 aromatic heterocycles. The van der Waals surface area contributed by atoms with Crippen LogP contribution in [0.3, 0.4) is 0 Å². The van der Waals surface area contributed by atoms with Gasteiger partial charge in [-0.25, -0.2) is 0 Å². The highest BCUT2D eigenvalue weighted by Crippen LogP contribution is 2.38. The van der Waals surface area contributed by atoms with E-state index in [0.29, 0.717) is 17.9 Å². The van der Waals surface area contributed by atoms with E-state index in [1.807, 2.05) is 87.5 Å². The fraction of sp³-hybridized carbons (Fsp3) is 0.161. The summed E-state index contributed by atoms with van der Waals surface area (Å²) in [5.41, 5.74) is 6.71. The first-order chi connectivity index (χ1) is 18.0. The number of methoxy groups -OCH3 is 1. The number of anilines is 1. The van der Waals surface area contributed by atoms with Crippen LogP contribution in [0.4, 0.5) is 5.69 Å². The standard InChI is InChI=1S/C31H28N2O4/c1-5-36-29-17-30-25(26(18-37-30)21-8-6-9-22(15-21)35-4)16-24(29)19(2)14-31(34)33-28-11-7-10-27-23(28)13-12-20(3)32-27/h6-18H,5H2,1-4H3,(H,33,34)/b19-14+. The van der Waals surface area contributed by atoms with Crippen LogP contribution in [-0.2, 0) is 4.79 Å². The average molecular weight is 493 g/mol. The van der Waals surface area contributed by atoms with Crippen LogP contribution in [0.1, 0.15) is 25.1 Å². The summed E-state index contributed by atoms with van der Waals surface area (Å²) in [6, 6.07) is 21.4. The van der Waals surface area contributed by atoms with Gasteiger partial charge in [-0.3, -0.25) is 9.78 Å². The van der Waals surface area contributed by atoms with Crippen molar-refractivity contribution in [2.24, 2.45) is 0 Å². The summed E-state index contributed by atoms with van der Waals surface area (Å²) in [6.07, 6.45) is 3.33. The first kappa shape index (κ1) is 24.1. The zero-order valence-electron chi connectivity index (χ0n) is 21.3. The van der Waals surface area contributed by atoms with Crippen LogP contribution >= 0.6 is 0 Å². The molecule has 5 aromatic rings. The number of fused-ring (bicyclic) bond motifs is 2. The smallest absolute Gasteiger partial charge is 0.248 e. The van der Waals surface area contributed by atoms with Crippen molar-refractivity contribution in [3.63, 3.8) is 0 Å². The number of benzene rings is 3. The number of rotatable bonds is 7. The molecule has 0 fully saturated rings. The molecule has 0 atom stereocenters. The van der Waals surface area contributed by atoms with Gasteiger partial charge in [0.15, 0.2) is 0 Å². The number of aromatic nitrogens is 1. The first-order valence-corrected chi connectivity index (χ1v) is 12.2. The minimum atomic E-state index is -0.228. The van der Waals surface area contributed by atoms with E-state index >= 15 is 0 Å². The lowest BCUT2D eigenvalue weighted by atomic mass is 9.99. The number of aryl methyl sites for hydroxylation is 1. The van der Waals surface area contributed by atoms with Gasteiger partial charge in [-0.15, -0.1) is 0 Å². The number of hydrogen-bond donors (Lipinski definition) is 1. The Morgan fingerprint density at radius 1 is 1.05 bits per heavy atom. The highest BCUT2D eigenvalue weighted by atomic mass is 16.5. The molecule has 0 aliphatic heterocycles. The Bertz CT molecular complexity index is 1650. The van der Waals surface area contributed by atoms with Gasteiger partial charge in [-0.1, -0.05) is 18.2 Å². The van der Waals surface area contributed by atoms with Crippen molar-refractivity contribution in [3.8, 4) is 22.6 Å². The maximum absolute atomic E-state index is 13.1. The Labute approximate surface area is 215 Å². The summed E-state index contributed by atoms with van der Waals surface area (Å²) in [5.74, 6) is 1.20. The summed E-state index contributed by atoms with van der Waals surface area (Å²) in [6.45, 7) is 6.27. The third-order valence-corrected chi connectivity index (χ3v) is 6.26. The number of amides is 1. The summed E-state index contributed by atoms with van der Waals surface area (Å²) >= 11 is 0. The lowest BCUT2D eigenvalue weighted by Crippen LogP contribution is -2.09. The molecular weight excluding hydrogens is 464 g/mol. The quantitative estimate of drug-likeness (QED) is 0.240. The van der Waals surface area contributed by atoms with E-state index in [1.54, 1.807) is 19.4 Å². The summed E-state index contributed by atoms with van der Waals surface area (Å²) in [4.78, 5) is 17.6. The molecule has 1 N–H and O–H groups in total. The molecular formula is C31H28N2O4. The molecule has 37 heavy (non-hydrogen) atoms. The topological polar surface area (TPSA) is 73.6 Å². The fourth-order valence-electron chi connectivity index (χ4n) is 4.46. The van der Waals surface area contributed by atoms with E-state index in [4.69, 9.17) is 13.9 Å². The summed E-state index contributed by atoms with van der Waals surface area (Å²) in [5, 5.41) is 4.83. The molecule has 0 saturated carbocycles. The molecule has 0 radical (unpaired) electrons. The molecule has 0 spiro atoms. The molecule has 1 amide bonds. The van der Waals surface area contributed by atoms with Crippen LogP contribution in [0.15, 0.2) is 83.5 Å². The summed E-state index contributed by atoms with van der Waals surface area (Å²) < 4.78 is 17.2. The van der Waals surface area contributed by atoms with Crippen molar-refractivity contribution in [2.45, 2.75) is 20.8 Å². The monoisotopic (exact) mass is 492 g/mol. The minimum Gasteiger partial charge on any atom is -0.497 e. The second-order valence-electron chi connectivity index (χ2n) is 8.80. The largest absolute Gasteiger partial charge is 0.497 e. The van der Waals surface area contributed by atoms with Gasteiger partial charge in [-0.05, 0) is 74.4 Å². The zero-order chi connectivity index (χ0) is 25.9. The zero-order valence-corrected chi connectivity index (χ0v) is 21.3. The number of allylic oxidation sites excluding steroid dienone is 1. The van der Waals surface area contributed by atoms with Crippen LogP contribution in [0.25, 0.3) is 38.6 Å². The maximum atomic E-state index is 13.1. The second-order valence-corrected chi connectivity index (χ2v) is 8.80. The van der Waals surface area contributed by atoms with Crippen LogP contribution in [0, 0.1) is 6.92 Å². The van der Waals surface area contributed by atoms with Gasteiger partial charge in [0.2, 0.25) is 5.91 Å². The maximum Gasteiger partial charge on any atom is 0.248 e. The van der Waals surface area contributed by atoms with E-state index in [-0.39, 0.29) is 5.91 Å². The van der Waals surface area contributed by atoms with E-state index in [0.717, 1.165) is 55.7 Å². The highest BCUT2D eigenvalue weighted by molar-refractivity contribution is 6.09. The van der Waals surface area contributed by atoms with Gasteiger partial charge in [0.25, 0.3) is 0 Å². The van der Waals surface area contributed by atoms with Crippen molar-refractivity contribution in [1.29, 1.82) is 0 Å². The van der Waals surface area contributed by atoms with Crippen molar-refractivity contribution in [1.82, 2.24) is 4.98 Å². The highest BCUT2D eigenvalue weighted by Gasteiger charge is 2.16. The number of pyridine rings is 1. The molecule has 0 bridgehead atoms. The molecule has 5 rings (SSSR count). The van der Waals surface area contributed by atoms with Crippen LogP contribution in [0.5, 0.6) is 11.5 Å². The third-order valence-electron chi connectivity index (χ3n) is 6.26. The van der Waals surface area contributed by atoms with E-state index in [2.05, 4.69) is 10.3 Å². The van der Waals surface area contributed by atoms with Crippen molar-refractivity contribution >= 4 is 39.0 Å². The number of ether oxygens (including phenoxy) is 2. The molecule has 3 aromatic carbocycles. The Balaban J connectivity index is 1.52. The van der Waals surface area contributed by atoms with E-state index < -0.39 is 0 Å². The molecule has 2 heterocycles. The predicted molar refractivity (Wildman–Crippen MR) is 148 cm³/mol. The third kappa shape index (κ3) is 4.91. The van der Waals surface area contributed by atoms with Crippen molar-refractivity contribution < 1.29 is 18.7 Å². The van der Waals surface area contributed by atoms with Gasteiger partial charge in [0, 0.05) is 39.7 Å². The minimum absolute atomic E-state index is 0.228. The number of hydrogen-bond acceptors (Lipinski definition) is 5. The number of nitrogens with one attached hydrogen (secondary N) is 1. The number of nitrogens with zero attached hydrogens (tertiary/aromatic N) is 1. The molecule has 6 heteroatoms. The van der Waals surface area contributed by atoms with Crippen molar-refractivity contribution in [2.75, 3.05) is 19.0 Å². The van der Waals surface area contributed by atoms with Gasteiger partial charge in [-0.2, -0.15) is 0 Å².